The molecule has 1 fully saturated rings. The molecule has 6 nitrogen and oxygen atoms in total. The van der Waals surface area contributed by atoms with E-state index in [2.05, 4.69) is 15.0 Å². The van der Waals surface area contributed by atoms with Gasteiger partial charge in [0, 0.05) is 31.5 Å². The average molecular weight is 301 g/mol. The Balaban J connectivity index is 1.97. The van der Waals surface area contributed by atoms with Crippen molar-refractivity contribution in [1.29, 1.82) is 0 Å². The number of amides is 2. The maximum Gasteiger partial charge on any atom is 0.317 e. The van der Waals surface area contributed by atoms with Crippen molar-refractivity contribution in [2.45, 2.75) is 25.1 Å². The maximum absolute atomic E-state index is 13.4. The fraction of sp³-hybridized carbons (Fsp3) is 0.538. The van der Waals surface area contributed by atoms with Crippen molar-refractivity contribution in [3.8, 4) is 0 Å². The van der Waals surface area contributed by atoms with E-state index in [0.29, 0.717) is 11.1 Å². The van der Waals surface area contributed by atoms with Crippen molar-refractivity contribution in [3.63, 3.8) is 0 Å². The van der Waals surface area contributed by atoms with Crippen LogP contribution in [0.4, 0.5) is 13.6 Å². The van der Waals surface area contributed by atoms with E-state index in [1.807, 2.05) is 0 Å². The molecule has 1 saturated heterocycles. The molecule has 2 rings (SSSR count). The maximum atomic E-state index is 13.4. The number of urea groups is 1. The number of carbonyl (C=O) groups excluding carboxylic acids is 1. The van der Waals surface area contributed by atoms with E-state index in [9.17, 15) is 18.7 Å². The molecule has 116 valence electrons. The summed E-state index contributed by atoms with van der Waals surface area (Å²) in [5.74, 6) is -3.05. The molecule has 0 aromatic carbocycles. The van der Waals surface area contributed by atoms with Gasteiger partial charge in [-0.15, -0.1) is 0 Å². The van der Waals surface area contributed by atoms with Crippen LogP contribution in [0, 0.1) is 0 Å². The summed E-state index contributed by atoms with van der Waals surface area (Å²) in [7, 11) is 1.49. The van der Waals surface area contributed by atoms with E-state index in [-0.39, 0.29) is 19.8 Å². The van der Waals surface area contributed by atoms with Gasteiger partial charge in [-0.25, -0.2) is 13.6 Å². The number of pyridine rings is 1. The molecule has 0 spiro atoms. The molecule has 0 saturated carbocycles. The molecule has 2 heterocycles. The largest absolute Gasteiger partial charge is 0.392 e. The molecule has 1 unspecified atom stereocenters. The zero-order valence-corrected chi connectivity index (χ0v) is 11.6. The number of aliphatic hydroxyl groups is 1. The Morgan fingerprint density at radius 2 is 2.38 bits per heavy atom. The second kappa shape index (κ2) is 6.31. The Kier molecular flexibility index (Phi) is 4.69. The number of alkyl halides is 2. The van der Waals surface area contributed by atoms with Gasteiger partial charge in [-0.3, -0.25) is 4.98 Å². The summed E-state index contributed by atoms with van der Waals surface area (Å²) in [6.45, 7) is -0.902. The third-order valence-corrected chi connectivity index (χ3v) is 3.32. The van der Waals surface area contributed by atoms with Crippen LogP contribution in [0.1, 0.15) is 11.1 Å². The first kappa shape index (κ1) is 15.6. The van der Waals surface area contributed by atoms with Gasteiger partial charge in [-0.1, -0.05) is 0 Å². The van der Waals surface area contributed by atoms with Crippen LogP contribution in [0.15, 0.2) is 18.5 Å². The quantitative estimate of drug-likeness (QED) is 0.860. The van der Waals surface area contributed by atoms with Crippen LogP contribution in [-0.2, 0) is 17.9 Å². The van der Waals surface area contributed by atoms with Crippen LogP contribution in [0.3, 0.4) is 0 Å². The molecule has 1 aromatic heterocycles. The van der Waals surface area contributed by atoms with Gasteiger partial charge in [-0.05, 0) is 11.6 Å². The number of carbonyl (C=O) groups is 1. The first-order valence-corrected chi connectivity index (χ1v) is 6.44. The second-order valence-electron chi connectivity index (χ2n) is 4.94. The summed E-state index contributed by atoms with van der Waals surface area (Å²) >= 11 is 0. The van der Waals surface area contributed by atoms with E-state index in [1.165, 1.54) is 18.1 Å². The highest BCUT2D eigenvalue weighted by atomic mass is 19.3. The van der Waals surface area contributed by atoms with Crippen LogP contribution >= 0.6 is 0 Å². The highest BCUT2D eigenvalue weighted by molar-refractivity contribution is 5.74. The Morgan fingerprint density at radius 3 is 3.00 bits per heavy atom. The molecule has 8 heteroatoms. The average Bonchev–Trinajstić information content (AvgIpc) is 2.78. The third kappa shape index (κ3) is 3.64. The second-order valence-corrected chi connectivity index (χ2v) is 4.94. The number of halogens is 2. The molecule has 1 atom stereocenters. The molecule has 1 aliphatic heterocycles. The van der Waals surface area contributed by atoms with Gasteiger partial charge in [0.15, 0.2) is 0 Å². The monoisotopic (exact) mass is 301 g/mol. The number of rotatable bonds is 4. The van der Waals surface area contributed by atoms with Crippen LogP contribution in [-0.4, -0.2) is 53.2 Å². The topological polar surface area (TPSA) is 74.7 Å². The molecule has 2 N–H and O–H groups in total. The van der Waals surface area contributed by atoms with Gasteiger partial charge in [0.2, 0.25) is 0 Å². The predicted octanol–water partition coefficient (Wildman–Crippen LogP) is 0.749. The molecule has 0 bridgehead atoms. The molecule has 0 aliphatic carbocycles. The Labute approximate surface area is 120 Å². The van der Waals surface area contributed by atoms with Crippen molar-refractivity contribution in [1.82, 2.24) is 15.2 Å². The number of nitrogens with zero attached hydrogens (tertiary/aromatic N) is 2. The Hall–Kier alpha value is -1.80. The number of hydrogen-bond acceptors (Lipinski definition) is 4. The van der Waals surface area contributed by atoms with E-state index in [0.717, 1.165) is 0 Å². The summed E-state index contributed by atoms with van der Waals surface area (Å²) in [5, 5.41) is 11.5. The molecule has 21 heavy (non-hydrogen) atoms. The van der Waals surface area contributed by atoms with Gasteiger partial charge in [0.1, 0.15) is 12.6 Å². The van der Waals surface area contributed by atoms with Gasteiger partial charge in [0.05, 0.1) is 13.2 Å². The van der Waals surface area contributed by atoms with Crippen molar-refractivity contribution >= 4 is 6.03 Å². The standard InChI is InChI=1S/C13H17F2N3O3/c1-18(5-9-2-3-16-4-10(9)6-19)12(20)17-11-7-21-8-13(11,14)15/h2-4,11,19H,5-8H2,1H3,(H,17,20). The van der Waals surface area contributed by atoms with Crippen LogP contribution in [0.5, 0.6) is 0 Å². The number of hydrogen-bond donors (Lipinski definition) is 2. The minimum absolute atomic E-state index is 0.184. The van der Waals surface area contributed by atoms with E-state index in [1.54, 1.807) is 12.3 Å². The predicted molar refractivity (Wildman–Crippen MR) is 69.7 cm³/mol. The summed E-state index contributed by atoms with van der Waals surface area (Å²) in [4.78, 5) is 17.1. The van der Waals surface area contributed by atoms with Gasteiger partial charge in [-0.2, -0.15) is 0 Å². The van der Waals surface area contributed by atoms with Crippen LogP contribution < -0.4 is 5.32 Å². The van der Waals surface area contributed by atoms with Gasteiger partial charge < -0.3 is 20.1 Å². The highest BCUT2D eigenvalue weighted by Gasteiger charge is 2.46. The summed E-state index contributed by atoms with van der Waals surface area (Å²) < 4.78 is 31.4. The lowest BCUT2D eigenvalue weighted by Gasteiger charge is -2.24. The number of nitrogens with one attached hydrogen (secondary N) is 1. The molecule has 1 aliphatic rings. The molecule has 2 amide bonds. The molecule has 1 aromatic rings. The first-order valence-electron chi connectivity index (χ1n) is 6.44. The van der Waals surface area contributed by atoms with Crippen molar-refractivity contribution in [2.75, 3.05) is 20.3 Å². The summed E-state index contributed by atoms with van der Waals surface area (Å²) in [6, 6.07) is -0.268. The smallest absolute Gasteiger partial charge is 0.317 e. The van der Waals surface area contributed by atoms with E-state index >= 15 is 0 Å². The van der Waals surface area contributed by atoms with E-state index in [4.69, 9.17) is 0 Å². The fourth-order valence-corrected chi connectivity index (χ4v) is 2.02. The number of ether oxygens (including phenoxy) is 1. The summed E-state index contributed by atoms with van der Waals surface area (Å²) in [6.07, 6.45) is 3.04. The van der Waals surface area contributed by atoms with Crippen LogP contribution in [0.25, 0.3) is 0 Å². The normalized spacial score (nSPS) is 20.3. The molecular weight excluding hydrogens is 284 g/mol. The van der Waals surface area contributed by atoms with Gasteiger partial charge >= 0.3 is 6.03 Å². The molecule has 0 radical (unpaired) electrons. The zero-order valence-electron chi connectivity index (χ0n) is 11.6. The minimum Gasteiger partial charge on any atom is -0.392 e. The minimum atomic E-state index is -3.05. The number of aromatic nitrogens is 1. The number of aliphatic hydroxyl groups excluding tert-OH is 1. The lowest BCUT2D eigenvalue weighted by Crippen LogP contribution is -2.50. The van der Waals surface area contributed by atoms with Crippen molar-refractivity contribution in [2.24, 2.45) is 0 Å². The van der Waals surface area contributed by atoms with Crippen LogP contribution in [0.2, 0.25) is 0 Å². The Bertz CT molecular complexity index is 513. The van der Waals surface area contributed by atoms with Crippen molar-refractivity contribution in [3.05, 3.63) is 29.6 Å². The SMILES string of the molecule is CN(Cc1ccncc1CO)C(=O)NC1COCC1(F)F. The lowest BCUT2D eigenvalue weighted by molar-refractivity contribution is -0.0222. The fourth-order valence-electron chi connectivity index (χ4n) is 2.02. The van der Waals surface area contributed by atoms with E-state index < -0.39 is 24.6 Å². The summed E-state index contributed by atoms with van der Waals surface area (Å²) in [5.41, 5.74) is 1.30. The van der Waals surface area contributed by atoms with Gasteiger partial charge in [0.25, 0.3) is 5.92 Å². The lowest BCUT2D eigenvalue weighted by atomic mass is 10.1. The highest BCUT2D eigenvalue weighted by Crippen LogP contribution is 2.25. The first-order chi connectivity index (χ1) is 9.94. The zero-order chi connectivity index (χ0) is 15.5. The molecular formula is C13H17F2N3O3. The Morgan fingerprint density at radius 1 is 1.62 bits per heavy atom. The third-order valence-electron chi connectivity index (χ3n) is 3.32. The van der Waals surface area contributed by atoms with Crippen molar-refractivity contribution < 1.29 is 23.4 Å².